The van der Waals surface area contributed by atoms with Gasteiger partial charge in [-0.3, -0.25) is 18.5 Å². The molecule has 5 aromatic rings. The van der Waals surface area contributed by atoms with E-state index in [1.807, 2.05) is 59.4 Å². The molecule has 0 amide bonds. The summed E-state index contributed by atoms with van der Waals surface area (Å²) in [6.07, 6.45) is 13.1. The van der Waals surface area contributed by atoms with Crippen molar-refractivity contribution in [1.82, 2.24) is 4.57 Å². The molecule has 0 fully saturated rings. The van der Waals surface area contributed by atoms with Crippen LogP contribution in [0.3, 0.4) is 0 Å². The molecule has 4 N–H and O–H groups in total. The first-order valence-corrected chi connectivity index (χ1v) is 21.7. The average Bonchev–Trinajstić information content (AvgIpc) is 3.50. The lowest BCUT2D eigenvalue weighted by Crippen LogP contribution is -2.28. The molecule has 1 aliphatic heterocycles. The molecule has 1 aromatic heterocycles. The highest BCUT2D eigenvalue weighted by Crippen LogP contribution is 2.45. The van der Waals surface area contributed by atoms with E-state index >= 15 is 0 Å². The second-order valence-corrected chi connectivity index (χ2v) is 18.1. The van der Waals surface area contributed by atoms with Crippen molar-refractivity contribution in [1.29, 1.82) is 0 Å². The van der Waals surface area contributed by atoms with E-state index in [0.29, 0.717) is 34.6 Å². The van der Waals surface area contributed by atoms with Gasteiger partial charge in [0.2, 0.25) is 5.69 Å². The van der Waals surface area contributed by atoms with Gasteiger partial charge in [0.15, 0.2) is 5.71 Å². The number of benzene rings is 4. The number of hydrogen-bond acceptors (Lipinski definition) is 7. The van der Waals surface area contributed by atoms with Gasteiger partial charge >= 0.3 is 5.97 Å². The van der Waals surface area contributed by atoms with Gasteiger partial charge < -0.3 is 9.67 Å². The maximum absolute atomic E-state index is 12.1. The standard InChI is InChI=1S/C39H38N2O11S3/c1-39(2)35(41(23-10-24-53(44,45)46)33-19-17-26-16-18-27(54(47,48)49)25-30(26)38(33)39)14-7-5-3-4-6-13-31-28-11-8-12-29-34(55(50,51)52)21-20-32(37(28)29)40(31)22-9-15-36(42)43/h3-8,11-14,16-21,25H,9-10,15,22-24H2,1-2H3,(H3-,42,43,44,45,46,47,48,49,50,51,52)/p+1. The van der Waals surface area contributed by atoms with Crippen LogP contribution in [0.15, 0.2) is 107 Å². The van der Waals surface area contributed by atoms with E-state index in [4.69, 9.17) is 0 Å². The Morgan fingerprint density at radius 2 is 1.49 bits per heavy atom. The third-order valence-electron chi connectivity index (χ3n) is 9.74. The lowest BCUT2D eigenvalue weighted by atomic mass is 9.79. The third-order valence-corrected chi connectivity index (χ3v) is 12.3. The van der Waals surface area contributed by atoms with Crippen LogP contribution in [-0.4, -0.2) is 77.1 Å². The Labute approximate surface area is 318 Å². The Morgan fingerprint density at radius 1 is 0.800 bits per heavy atom. The second kappa shape index (κ2) is 14.9. The minimum atomic E-state index is -4.50. The minimum absolute atomic E-state index is 0.0576. The molecule has 2 heterocycles. The van der Waals surface area contributed by atoms with Crippen LogP contribution in [0, 0.1) is 0 Å². The molecule has 0 spiro atoms. The summed E-state index contributed by atoms with van der Waals surface area (Å²) < 4.78 is 104. The van der Waals surface area contributed by atoms with Crippen molar-refractivity contribution in [2.24, 2.45) is 0 Å². The first kappa shape index (κ1) is 39.7. The Hall–Kier alpha value is -4.97. The number of carbonyl (C=O) groups is 1. The summed E-state index contributed by atoms with van der Waals surface area (Å²) in [6, 6.07) is 16.2. The van der Waals surface area contributed by atoms with Crippen molar-refractivity contribution in [2.75, 3.05) is 12.3 Å². The molecule has 0 aliphatic carbocycles. The van der Waals surface area contributed by atoms with Crippen LogP contribution in [0.1, 0.15) is 38.7 Å². The zero-order valence-electron chi connectivity index (χ0n) is 29.8. The van der Waals surface area contributed by atoms with Gasteiger partial charge in [0.05, 0.1) is 16.1 Å². The molecule has 0 unspecified atom stereocenters. The summed E-state index contributed by atoms with van der Waals surface area (Å²) in [5.74, 6) is -1.38. The van der Waals surface area contributed by atoms with Crippen molar-refractivity contribution in [3.63, 3.8) is 0 Å². The van der Waals surface area contributed by atoms with Crippen LogP contribution >= 0.6 is 0 Å². The number of fused-ring (bicyclic) bond motifs is 3. The summed E-state index contributed by atoms with van der Waals surface area (Å²) in [5.41, 5.74) is 2.31. The molecule has 13 nitrogen and oxygen atoms in total. The quantitative estimate of drug-likeness (QED) is 0.0596. The summed E-state index contributed by atoms with van der Waals surface area (Å²) in [6.45, 7) is 4.51. The zero-order chi connectivity index (χ0) is 39.9. The van der Waals surface area contributed by atoms with Gasteiger partial charge in [0.25, 0.3) is 30.4 Å². The second-order valence-electron chi connectivity index (χ2n) is 13.7. The summed E-state index contributed by atoms with van der Waals surface area (Å²) in [7, 11) is -13.2. The number of hydrogen-bond donors (Lipinski definition) is 4. The number of carboxylic acids is 1. The molecular weight excluding hydrogens is 769 g/mol. The Kier molecular flexibility index (Phi) is 10.8. The van der Waals surface area contributed by atoms with Gasteiger partial charge in [-0.25, -0.2) is 0 Å². The normalized spacial score (nSPS) is 15.6. The summed E-state index contributed by atoms with van der Waals surface area (Å²) in [5, 5.41) is 13.0. The Bertz CT molecular complexity index is 2900. The maximum atomic E-state index is 12.1. The number of aliphatic carboxylic acids is 1. The number of aromatic nitrogens is 1. The molecule has 288 valence electrons. The van der Waals surface area contributed by atoms with E-state index in [0.717, 1.165) is 33.1 Å². The van der Waals surface area contributed by atoms with Crippen molar-refractivity contribution in [3.8, 4) is 0 Å². The topological polar surface area (TPSA) is 208 Å². The van der Waals surface area contributed by atoms with Crippen molar-refractivity contribution in [2.45, 2.75) is 54.9 Å². The highest BCUT2D eigenvalue weighted by Gasteiger charge is 2.45. The van der Waals surface area contributed by atoms with Gasteiger partial charge in [0, 0.05) is 64.1 Å². The molecule has 55 heavy (non-hydrogen) atoms. The van der Waals surface area contributed by atoms with Gasteiger partial charge in [-0.05, 0) is 67.4 Å². The molecule has 6 rings (SSSR count). The van der Waals surface area contributed by atoms with E-state index in [1.165, 1.54) is 18.2 Å². The van der Waals surface area contributed by atoms with Crippen LogP contribution in [0.5, 0.6) is 0 Å². The number of nitrogens with zero attached hydrogens (tertiary/aromatic N) is 2. The molecule has 0 atom stereocenters. The van der Waals surface area contributed by atoms with Gasteiger partial charge in [0.1, 0.15) is 11.4 Å². The van der Waals surface area contributed by atoms with Crippen LogP contribution in [0.25, 0.3) is 38.5 Å². The average molecular weight is 808 g/mol. The molecule has 4 aromatic carbocycles. The third kappa shape index (κ3) is 8.20. The fourth-order valence-electron chi connectivity index (χ4n) is 7.46. The zero-order valence-corrected chi connectivity index (χ0v) is 32.3. The molecule has 16 heteroatoms. The van der Waals surface area contributed by atoms with E-state index in [-0.39, 0.29) is 29.2 Å². The number of rotatable bonds is 14. The van der Waals surface area contributed by atoms with Crippen LogP contribution in [0.2, 0.25) is 0 Å². The van der Waals surface area contributed by atoms with E-state index < -0.39 is 47.5 Å². The molecular formula is C39H39N2O11S3+. The van der Waals surface area contributed by atoms with Crippen LogP contribution < -0.4 is 5.35 Å². The summed E-state index contributed by atoms with van der Waals surface area (Å²) in [4.78, 5) is 10.8. The molecule has 0 saturated heterocycles. The smallest absolute Gasteiger partial charge is 0.303 e. The Balaban J connectivity index is 1.35. The minimum Gasteiger partial charge on any atom is -0.481 e. The first-order chi connectivity index (χ1) is 25.8. The fraction of sp³-hybridized carbons (Fsp3) is 0.231. The van der Waals surface area contributed by atoms with Gasteiger partial charge in [-0.1, -0.05) is 54.6 Å². The van der Waals surface area contributed by atoms with Crippen LogP contribution in [0.4, 0.5) is 5.69 Å². The highest BCUT2D eigenvalue weighted by molar-refractivity contribution is 7.86. The molecule has 1 aliphatic rings. The number of allylic oxidation sites excluding steroid dienone is 6. The molecule has 0 saturated carbocycles. The Morgan fingerprint density at radius 3 is 2.18 bits per heavy atom. The van der Waals surface area contributed by atoms with Gasteiger partial charge in [-0.15, -0.1) is 0 Å². The van der Waals surface area contributed by atoms with Crippen molar-refractivity contribution < 1.29 is 53.4 Å². The maximum Gasteiger partial charge on any atom is 0.303 e. The number of carboxylic acid groups (broad SMARTS) is 1. The van der Waals surface area contributed by atoms with E-state index in [9.17, 15) is 48.8 Å². The van der Waals surface area contributed by atoms with E-state index in [2.05, 4.69) is 0 Å². The number of aryl methyl sites for hydroxylation is 1. The summed E-state index contributed by atoms with van der Waals surface area (Å²) >= 11 is 0. The first-order valence-electron chi connectivity index (χ1n) is 17.2. The lowest BCUT2D eigenvalue weighted by molar-refractivity contribution is -0.437. The van der Waals surface area contributed by atoms with Crippen LogP contribution in [-0.2, 0) is 47.1 Å². The predicted molar refractivity (Wildman–Crippen MR) is 211 cm³/mol. The fourth-order valence-corrected chi connectivity index (χ4v) is 9.15. The predicted octanol–water partition coefficient (Wildman–Crippen LogP) is 5.83. The largest absolute Gasteiger partial charge is 0.481 e. The highest BCUT2D eigenvalue weighted by atomic mass is 32.2. The van der Waals surface area contributed by atoms with Crippen molar-refractivity contribution >= 4 is 86.2 Å². The van der Waals surface area contributed by atoms with Crippen molar-refractivity contribution in [3.05, 3.63) is 108 Å². The van der Waals surface area contributed by atoms with E-state index in [1.54, 1.807) is 48.6 Å². The SMILES string of the molecule is CC1(C)C(/C=C/C=C/C=C/C=c2/c3cccc4c(S(=O)(=O)O)ccc(c43)n2CCCC(=O)O)=[N+](CCCS(=O)(=O)O)c2ccc3ccc(S(=O)(=O)O)cc3c21. The molecule has 0 radical (unpaired) electrons. The monoisotopic (exact) mass is 807 g/mol. The van der Waals surface area contributed by atoms with Gasteiger partial charge in [-0.2, -0.15) is 29.8 Å². The molecule has 0 bridgehead atoms. The lowest BCUT2D eigenvalue weighted by Gasteiger charge is -2.18.